The van der Waals surface area contributed by atoms with E-state index in [9.17, 15) is 8.42 Å². The number of benzene rings is 1. The number of aryl methyl sites for hydroxylation is 2. The molecule has 1 heterocycles. The van der Waals surface area contributed by atoms with Crippen LogP contribution >= 0.6 is 12.4 Å². The third-order valence-corrected chi connectivity index (χ3v) is 6.57. The van der Waals surface area contributed by atoms with Crippen LogP contribution < -0.4 is 10.0 Å². The molecule has 2 N–H and O–H groups in total. The summed E-state index contributed by atoms with van der Waals surface area (Å²) >= 11 is 0. The summed E-state index contributed by atoms with van der Waals surface area (Å²) in [4.78, 5) is 0.420. The number of rotatable bonds is 4. The number of hydrogen-bond acceptors (Lipinski definition) is 3. The fraction of sp³-hybridized carbons (Fsp3) is 0.647. The first-order valence-electron chi connectivity index (χ1n) is 8.41. The van der Waals surface area contributed by atoms with E-state index in [1.807, 2.05) is 19.1 Å². The van der Waals surface area contributed by atoms with Gasteiger partial charge < -0.3 is 5.32 Å². The van der Waals surface area contributed by atoms with Gasteiger partial charge in [0.2, 0.25) is 10.0 Å². The Balaban J connectivity index is 0.00000192. The number of hydrogen-bond donors (Lipinski definition) is 2. The van der Waals surface area contributed by atoms with E-state index in [1.54, 1.807) is 6.07 Å². The zero-order valence-electron chi connectivity index (χ0n) is 13.7. The Morgan fingerprint density at radius 2 is 1.91 bits per heavy atom. The van der Waals surface area contributed by atoms with Crippen molar-refractivity contribution in [3.63, 3.8) is 0 Å². The minimum atomic E-state index is -3.42. The maximum absolute atomic E-state index is 12.6. The van der Waals surface area contributed by atoms with Gasteiger partial charge in [0, 0.05) is 6.04 Å². The molecule has 0 bridgehead atoms. The lowest BCUT2D eigenvalue weighted by atomic mass is 9.92. The smallest absolute Gasteiger partial charge is 0.240 e. The average molecular weight is 359 g/mol. The molecule has 1 fully saturated rings. The van der Waals surface area contributed by atoms with Gasteiger partial charge in [-0.05, 0) is 87.7 Å². The van der Waals surface area contributed by atoms with Crippen molar-refractivity contribution in [1.82, 2.24) is 10.0 Å². The van der Waals surface area contributed by atoms with E-state index in [2.05, 4.69) is 10.0 Å². The third kappa shape index (κ3) is 4.47. The Kier molecular flexibility index (Phi) is 6.48. The highest BCUT2D eigenvalue weighted by molar-refractivity contribution is 7.89. The van der Waals surface area contributed by atoms with Crippen LogP contribution in [0.15, 0.2) is 23.1 Å². The molecule has 4 nitrogen and oxygen atoms in total. The number of piperidine rings is 1. The molecule has 2 aliphatic rings. The summed E-state index contributed by atoms with van der Waals surface area (Å²) in [5, 5.41) is 3.35. The fourth-order valence-electron chi connectivity index (χ4n) is 3.59. The molecule has 0 saturated carbocycles. The summed E-state index contributed by atoms with van der Waals surface area (Å²) in [6.07, 6.45) is 6.65. The minimum absolute atomic E-state index is 0. The molecular formula is C17H27ClN2O2S. The monoisotopic (exact) mass is 358 g/mol. The van der Waals surface area contributed by atoms with Gasteiger partial charge in [0.25, 0.3) is 0 Å². The number of nitrogens with one attached hydrogen (secondary N) is 2. The molecule has 130 valence electrons. The summed E-state index contributed by atoms with van der Waals surface area (Å²) in [6, 6.07) is 5.60. The quantitative estimate of drug-likeness (QED) is 0.869. The summed E-state index contributed by atoms with van der Waals surface area (Å²) in [5.74, 6) is 0.376. The molecule has 1 aliphatic heterocycles. The normalized spacial score (nSPS) is 22.7. The van der Waals surface area contributed by atoms with Gasteiger partial charge in [-0.15, -0.1) is 12.4 Å². The molecule has 2 unspecified atom stereocenters. The van der Waals surface area contributed by atoms with Crippen LogP contribution in [0.5, 0.6) is 0 Å². The Bertz CT molecular complexity index is 627. The lowest BCUT2D eigenvalue weighted by molar-refractivity contribution is 0.320. The number of fused-ring (bicyclic) bond motifs is 1. The predicted octanol–water partition coefficient (Wildman–Crippen LogP) is 2.65. The Hall–Kier alpha value is -0.620. The first-order chi connectivity index (χ1) is 10.6. The van der Waals surface area contributed by atoms with E-state index in [1.165, 1.54) is 17.5 Å². The zero-order chi connectivity index (χ0) is 15.6. The maximum Gasteiger partial charge on any atom is 0.240 e. The summed E-state index contributed by atoms with van der Waals surface area (Å²) in [7, 11) is -3.42. The molecule has 23 heavy (non-hydrogen) atoms. The minimum Gasteiger partial charge on any atom is -0.316 e. The van der Waals surface area contributed by atoms with Crippen molar-refractivity contribution in [2.45, 2.75) is 56.4 Å². The Morgan fingerprint density at radius 3 is 2.61 bits per heavy atom. The first-order valence-corrected chi connectivity index (χ1v) is 9.89. The van der Waals surface area contributed by atoms with Crippen LogP contribution in [-0.4, -0.2) is 27.5 Å². The van der Waals surface area contributed by atoms with Crippen molar-refractivity contribution in [3.8, 4) is 0 Å². The Labute approximate surface area is 145 Å². The highest BCUT2D eigenvalue weighted by Gasteiger charge is 2.25. The largest absolute Gasteiger partial charge is 0.316 e. The summed E-state index contributed by atoms with van der Waals surface area (Å²) < 4.78 is 28.2. The lowest BCUT2D eigenvalue weighted by Gasteiger charge is -2.29. The van der Waals surface area contributed by atoms with E-state index in [-0.39, 0.29) is 18.4 Å². The highest BCUT2D eigenvalue weighted by atomic mass is 35.5. The van der Waals surface area contributed by atoms with Crippen LogP contribution in [-0.2, 0) is 22.9 Å². The van der Waals surface area contributed by atoms with Gasteiger partial charge in [-0.25, -0.2) is 13.1 Å². The third-order valence-electron chi connectivity index (χ3n) is 5.01. The summed E-state index contributed by atoms with van der Waals surface area (Å²) in [5.41, 5.74) is 2.52. The highest BCUT2D eigenvalue weighted by Crippen LogP contribution is 2.24. The van der Waals surface area contributed by atoms with Gasteiger partial charge in [0.1, 0.15) is 0 Å². The SMILES string of the molecule is CC(NS(=O)(=O)c1ccc2c(c1)CCCC2)C1CCCNC1.Cl. The van der Waals surface area contributed by atoms with Crippen LogP contribution in [0.4, 0.5) is 0 Å². The molecule has 1 aromatic rings. The Morgan fingerprint density at radius 1 is 1.17 bits per heavy atom. The molecule has 1 saturated heterocycles. The second-order valence-corrected chi connectivity index (χ2v) is 8.37. The molecule has 0 amide bonds. The van der Waals surface area contributed by atoms with Crippen molar-refractivity contribution in [1.29, 1.82) is 0 Å². The average Bonchev–Trinajstić information content (AvgIpc) is 2.55. The van der Waals surface area contributed by atoms with Crippen molar-refractivity contribution in [2.75, 3.05) is 13.1 Å². The van der Waals surface area contributed by atoms with Crippen molar-refractivity contribution < 1.29 is 8.42 Å². The zero-order valence-corrected chi connectivity index (χ0v) is 15.3. The van der Waals surface area contributed by atoms with E-state index in [0.29, 0.717) is 10.8 Å². The molecule has 0 radical (unpaired) electrons. The van der Waals surface area contributed by atoms with E-state index < -0.39 is 10.0 Å². The molecule has 1 aliphatic carbocycles. The molecule has 0 aromatic heterocycles. The maximum atomic E-state index is 12.6. The van der Waals surface area contributed by atoms with E-state index >= 15 is 0 Å². The second kappa shape index (κ2) is 7.97. The van der Waals surface area contributed by atoms with Gasteiger partial charge in [0.15, 0.2) is 0 Å². The topological polar surface area (TPSA) is 58.2 Å². The van der Waals surface area contributed by atoms with Crippen LogP contribution in [0.2, 0.25) is 0 Å². The van der Waals surface area contributed by atoms with Crippen molar-refractivity contribution in [3.05, 3.63) is 29.3 Å². The molecule has 6 heteroatoms. The van der Waals surface area contributed by atoms with E-state index in [4.69, 9.17) is 0 Å². The standard InChI is InChI=1S/C17H26N2O2S.ClH/c1-13(16-7-4-10-18-12-16)19-22(20,21)17-9-8-14-5-2-3-6-15(14)11-17;/h8-9,11,13,16,18-19H,2-7,10,12H2,1H3;1H. The second-order valence-electron chi connectivity index (χ2n) is 6.65. The van der Waals surface area contributed by atoms with Crippen LogP contribution in [0.1, 0.15) is 43.7 Å². The van der Waals surface area contributed by atoms with Gasteiger partial charge in [-0.2, -0.15) is 0 Å². The number of halogens is 1. The van der Waals surface area contributed by atoms with Gasteiger partial charge >= 0.3 is 0 Å². The fourth-order valence-corrected chi connectivity index (χ4v) is 4.95. The van der Waals surface area contributed by atoms with E-state index in [0.717, 1.165) is 45.2 Å². The molecule has 0 spiro atoms. The number of sulfonamides is 1. The molecule has 3 rings (SSSR count). The molecule has 1 aromatic carbocycles. The van der Waals surface area contributed by atoms with Crippen molar-refractivity contribution in [2.24, 2.45) is 5.92 Å². The van der Waals surface area contributed by atoms with Crippen LogP contribution in [0.3, 0.4) is 0 Å². The van der Waals surface area contributed by atoms with Gasteiger partial charge in [-0.3, -0.25) is 0 Å². The molecular weight excluding hydrogens is 332 g/mol. The predicted molar refractivity (Wildman–Crippen MR) is 95.7 cm³/mol. The van der Waals surface area contributed by atoms with Gasteiger partial charge in [0.05, 0.1) is 4.90 Å². The molecule has 2 atom stereocenters. The van der Waals surface area contributed by atoms with Gasteiger partial charge in [-0.1, -0.05) is 6.07 Å². The first kappa shape index (κ1) is 18.7. The van der Waals surface area contributed by atoms with Crippen LogP contribution in [0, 0.1) is 5.92 Å². The van der Waals surface area contributed by atoms with Crippen LogP contribution in [0.25, 0.3) is 0 Å². The lowest BCUT2D eigenvalue weighted by Crippen LogP contribution is -2.44. The van der Waals surface area contributed by atoms with Crippen molar-refractivity contribution >= 4 is 22.4 Å². The summed E-state index contributed by atoms with van der Waals surface area (Å²) in [6.45, 7) is 3.92.